The Labute approximate surface area is 258 Å². The van der Waals surface area contributed by atoms with Gasteiger partial charge in [-0.05, 0) is 41.0 Å². The summed E-state index contributed by atoms with van der Waals surface area (Å²) < 4.78 is 48.5. The number of alkyl halides is 1. The van der Waals surface area contributed by atoms with E-state index in [-0.39, 0.29) is 20.0 Å². The Morgan fingerprint density at radius 2 is 1.49 bits per heavy atom. The van der Waals surface area contributed by atoms with E-state index >= 15 is 0 Å². The normalized spacial score (nSPS) is 19.8. The van der Waals surface area contributed by atoms with Crippen LogP contribution in [-0.4, -0.2) is 73.9 Å². The molecule has 3 aromatic carbocycles. The second-order valence-electron chi connectivity index (χ2n) is 10.2. The number of aliphatic hydroxyl groups is 1. The lowest BCUT2D eigenvalue weighted by atomic mass is 9.80. The first-order valence-electron chi connectivity index (χ1n) is 14.3. The molecule has 45 heavy (non-hydrogen) atoms. The monoisotopic (exact) mass is 622 g/mol. The van der Waals surface area contributed by atoms with Crippen LogP contribution < -0.4 is 20.7 Å². The summed E-state index contributed by atoms with van der Waals surface area (Å²) in [5.41, 5.74) is -0.203. The van der Waals surface area contributed by atoms with Crippen molar-refractivity contribution in [3.63, 3.8) is 0 Å². The second kappa shape index (κ2) is 14.6. The molecule has 0 amide bonds. The molecular formula is C33H35FN2O9. The molecule has 0 saturated carbocycles. The largest absolute Gasteiger partial charge is 0.497 e. The van der Waals surface area contributed by atoms with E-state index < -0.39 is 48.1 Å². The van der Waals surface area contributed by atoms with Crippen LogP contribution in [0, 0.1) is 0 Å². The van der Waals surface area contributed by atoms with Crippen LogP contribution in [0.15, 0.2) is 101 Å². The lowest BCUT2D eigenvalue weighted by molar-refractivity contribution is -0.141. The van der Waals surface area contributed by atoms with Gasteiger partial charge in [0.15, 0.2) is 6.23 Å². The Morgan fingerprint density at radius 1 is 0.889 bits per heavy atom. The summed E-state index contributed by atoms with van der Waals surface area (Å²) in [7, 11) is 3.17. The van der Waals surface area contributed by atoms with Crippen molar-refractivity contribution in [1.29, 1.82) is 0 Å². The van der Waals surface area contributed by atoms with Crippen molar-refractivity contribution in [3.8, 4) is 11.5 Å². The first-order valence-corrected chi connectivity index (χ1v) is 14.3. The van der Waals surface area contributed by atoms with Crippen LogP contribution >= 0.6 is 0 Å². The Morgan fingerprint density at radius 3 is 2.04 bits per heavy atom. The van der Waals surface area contributed by atoms with Crippen LogP contribution in [0.4, 0.5) is 4.39 Å². The van der Waals surface area contributed by atoms with Crippen molar-refractivity contribution in [2.45, 2.75) is 30.1 Å². The summed E-state index contributed by atoms with van der Waals surface area (Å²) >= 11 is 0. The fourth-order valence-electron chi connectivity index (χ4n) is 5.41. The van der Waals surface area contributed by atoms with Gasteiger partial charge in [0.25, 0.3) is 5.56 Å². The summed E-state index contributed by atoms with van der Waals surface area (Å²) in [6.07, 6.45) is -3.32. The molecular weight excluding hydrogens is 587 g/mol. The molecule has 0 unspecified atom stereocenters. The maximum Gasteiger partial charge on any atom is 0.330 e. The Kier molecular flexibility index (Phi) is 10.4. The highest BCUT2D eigenvalue weighted by Gasteiger charge is 2.48. The van der Waals surface area contributed by atoms with E-state index in [9.17, 15) is 19.1 Å². The summed E-state index contributed by atoms with van der Waals surface area (Å²) in [4.78, 5) is 26.6. The number of nitrogens with one attached hydrogen (secondary N) is 1. The molecule has 12 heteroatoms. The molecule has 1 fully saturated rings. The van der Waals surface area contributed by atoms with E-state index in [0.29, 0.717) is 11.5 Å². The maximum absolute atomic E-state index is 12.7. The van der Waals surface area contributed by atoms with Crippen molar-refractivity contribution in [3.05, 3.63) is 129 Å². The smallest absolute Gasteiger partial charge is 0.330 e. The topological polar surface area (TPSA) is 130 Å². The maximum atomic E-state index is 12.7. The molecule has 0 radical (unpaired) electrons. The van der Waals surface area contributed by atoms with Gasteiger partial charge in [-0.1, -0.05) is 54.6 Å². The van der Waals surface area contributed by atoms with Gasteiger partial charge >= 0.3 is 5.69 Å². The van der Waals surface area contributed by atoms with Gasteiger partial charge in [-0.3, -0.25) is 14.3 Å². The van der Waals surface area contributed by atoms with Gasteiger partial charge in [-0.15, -0.1) is 0 Å². The molecule has 4 atom stereocenters. The van der Waals surface area contributed by atoms with Crippen LogP contribution in [0.25, 0.3) is 0 Å². The summed E-state index contributed by atoms with van der Waals surface area (Å²) in [5, 5.41) is 11.4. The minimum atomic E-state index is -1.30. The van der Waals surface area contributed by atoms with E-state index in [1.807, 2.05) is 78.9 Å². The molecule has 2 N–H and O–H groups in total. The Balaban J connectivity index is 1.54. The van der Waals surface area contributed by atoms with Crippen molar-refractivity contribution in [2.24, 2.45) is 0 Å². The highest BCUT2D eigenvalue weighted by atomic mass is 19.1. The molecule has 238 valence electrons. The quantitative estimate of drug-likeness (QED) is 0.124. The lowest BCUT2D eigenvalue weighted by Gasteiger charge is -2.37. The fraction of sp³-hybridized carbons (Fsp3) is 0.333. The fourth-order valence-corrected chi connectivity index (χ4v) is 5.41. The van der Waals surface area contributed by atoms with Crippen LogP contribution in [-0.2, 0) is 24.5 Å². The van der Waals surface area contributed by atoms with Crippen molar-refractivity contribution in [1.82, 2.24) is 9.55 Å². The number of aromatic nitrogens is 2. The Bertz CT molecular complexity index is 1580. The highest BCUT2D eigenvalue weighted by Crippen LogP contribution is 2.43. The summed E-state index contributed by atoms with van der Waals surface area (Å²) in [6.45, 7) is -1.44. The van der Waals surface area contributed by atoms with Gasteiger partial charge < -0.3 is 33.5 Å². The Hall–Kier alpha value is -4.33. The van der Waals surface area contributed by atoms with E-state index in [0.717, 1.165) is 27.3 Å². The molecule has 0 bridgehead atoms. The van der Waals surface area contributed by atoms with Crippen LogP contribution in [0.3, 0.4) is 0 Å². The van der Waals surface area contributed by atoms with E-state index in [4.69, 9.17) is 28.4 Å². The molecule has 4 aromatic rings. The molecule has 1 aromatic heterocycles. The first kappa shape index (κ1) is 32.1. The molecule has 1 aliphatic rings. The zero-order valence-electron chi connectivity index (χ0n) is 24.8. The molecule has 2 heterocycles. The molecule has 0 aliphatic carbocycles. The number of benzene rings is 3. The molecule has 1 aliphatic heterocycles. The van der Waals surface area contributed by atoms with Gasteiger partial charge in [0, 0.05) is 12.3 Å². The zero-order chi connectivity index (χ0) is 31.8. The molecule has 0 spiro atoms. The molecule has 1 saturated heterocycles. The summed E-state index contributed by atoms with van der Waals surface area (Å²) in [6, 6.07) is 25.7. The van der Waals surface area contributed by atoms with E-state index in [1.165, 1.54) is 6.20 Å². The van der Waals surface area contributed by atoms with Gasteiger partial charge in [-0.25, -0.2) is 9.18 Å². The molecule has 5 rings (SSSR count). The van der Waals surface area contributed by atoms with Gasteiger partial charge in [0.1, 0.15) is 48.9 Å². The number of aliphatic hydroxyl groups excluding tert-OH is 1. The summed E-state index contributed by atoms with van der Waals surface area (Å²) in [5.74, 6) is 1.32. The average molecular weight is 623 g/mol. The predicted octanol–water partition coefficient (Wildman–Crippen LogP) is 3.15. The van der Waals surface area contributed by atoms with Gasteiger partial charge in [-0.2, -0.15) is 0 Å². The van der Waals surface area contributed by atoms with Crippen molar-refractivity contribution in [2.75, 3.05) is 40.9 Å². The third-order valence-electron chi connectivity index (χ3n) is 7.64. The van der Waals surface area contributed by atoms with Crippen LogP contribution in [0.1, 0.15) is 22.9 Å². The predicted molar refractivity (Wildman–Crippen MR) is 161 cm³/mol. The number of halogens is 1. The third-order valence-corrected chi connectivity index (χ3v) is 7.64. The average Bonchev–Trinajstić information content (AvgIpc) is 3.38. The van der Waals surface area contributed by atoms with Gasteiger partial charge in [0.2, 0.25) is 0 Å². The SMILES string of the molecule is COc1ccc(C(OC[C@H]2O[C@@H](n3ccc(=O)[nH]c3=O)[C@H](OCOCCF)[C@@H]2O)(c2ccccc2)c2ccc(OC)cc2)cc1. The number of ether oxygens (including phenoxy) is 6. The number of rotatable bonds is 14. The highest BCUT2D eigenvalue weighted by molar-refractivity contribution is 5.49. The number of hydrogen-bond acceptors (Lipinski definition) is 9. The van der Waals surface area contributed by atoms with Crippen LogP contribution in [0.5, 0.6) is 11.5 Å². The number of nitrogens with zero attached hydrogens (tertiary/aromatic N) is 1. The van der Waals surface area contributed by atoms with E-state index in [2.05, 4.69) is 4.98 Å². The number of methoxy groups -OCH3 is 2. The lowest BCUT2D eigenvalue weighted by Crippen LogP contribution is -2.41. The standard InChI is InChI=1S/C33H35FN2O9/c1-40-25-12-8-23(9-13-25)33(22-6-4-3-5-7-22,24-10-14-26(41-2)15-11-24)44-20-27-29(38)30(43-21-42-19-17-34)31(45-27)36-18-16-28(37)35-32(36)39/h3-16,18,27,29-31,38H,17,19-21H2,1-2H3,(H,35,37,39)/t27-,29-,30-,31-/m1/s1. The van der Waals surface area contributed by atoms with Crippen molar-refractivity contribution >= 4 is 0 Å². The first-order chi connectivity index (χ1) is 21.9. The van der Waals surface area contributed by atoms with E-state index in [1.54, 1.807) is 14.2 Å². The third kappa shape index (κ3) is 6.85. The van der Waals surface area contributed by atoms with Crippen LogP contribution in [0.2, 0.25) is 0 Å². The number of hydrogen-bond donors (Lipinski definition) is 2. The minimum absolute atomic E-state index is 0.159. The number of aromatic amines is 1. The van der Waals surface area contributed by atoms with Gasteiger partial charge in [0.05, 0.1) is 27.4 Å². The second-order valence-corrected chi connectivity index (χ2v) is 10.2. The zero-order valence-corrected chi connectivity index (χ0v) is 24.8. The van der Waals surface area contributed by atoms with Crippen molar-refractivity contribution < 1.29 is 37.9 Å². The minimum Gasteiger partial charge on any atom is -0.497 e. The molecule has 11 nitrogen and oxygen atoms in total. The number of H-pyrrole nitrogens is 1.